The fourth-order valence-electron chi connectivity index (χ4n) is 3.34. The van der Waals surface area contributed by atoms with E-state index in [1.165, 1.54) is 0 Å². The molecule has 31 heavy (non-hydrogen) atoms. The first-order valence-electron chi connectivity index (χ1n) is 10.4. The van der Waals surface area contributed by atoms with Crippen LogP contribution in [-0.2, 0) is 11.2 Å². The number of ether oxygens (including phenoxy) is 2. The molecule has 2 aromatic carbocycles. The highest BCUT2D eigenvalue weighted by atomic mass is 79.9. The summed E-state index contributed by atoms with van der Waals surface area (Å²) in [5.41, 5.74) is 2.07. The predicted molar refractivity (Wildman–Crippen MR) is 124 cm³/mol. The van der Waals surface area contributed by atoms with Gasteiger partial charge in [-0.25, -0.2) is 4.79 Å². The molecule has 166 valence electrons. The van der Waals surface area contributed by atoms with E-state index in [0.717, 1.165) is 21.3 Å². The standard InChI is InChI=1S/C24H29BrN2O4/c1-24(2,3)31-23(29)27-11-10-26(4)22(28)18-7-5-6-17(14-18)15-19-16-20(25)8-9-21(19)30-13-12-27/h5-9,14,16H,10-13,15H2,1-4H3. The highest BCUT2D eigenvalue weighted by Gasteiger charge is 2.23. The highest BCUT2D eigenvalue weighted by molar-refractivity contribution is 9.10. The molecule has 3 rings (SSSR count). The van der Waals surface area contributed by atoms with Crippen LogP contribution in [0.15, 0.2) is 46.9 Å². The Morgan fingerprint density at radius 2 is 1.87 bits per heavy atom. The molecule has 2 aromatic rings. The quantitative estimate of drug-likeness (QED) is 0.537. The summed E-state index contributed by atoms with van der Waals surface area (Å²) >= 11 is 3.53. The molecule has 0 saturated carbocycles. The minimum Gasteiger partial charge on any atom is -0.491 e. The third-order valence-electron chi connectivity index (χ3n) is 4.91. The summed E-state index contributed by atoms with van der Waals surface area (Å²) < 4.78 is 12.6. The van der Waals surface area contributed by atoms with Crippen molar-refractivity contribution >= 4 is 27.9 Å². The smallest absolute Gasteiger partial charge is 0.410 e. The molecule has 0 radical (unpaired) electrons. The zero-order chi connectivity index (χ0) is 22.6. The molecule has 0 atom stereocenters. The molecular weight excluding hydrogens is 460 g/mol. The molecule has 0 unspecified atom stereocenters. The van der Waals surface area contributed by atoms with Crippen LogP contribution in [0.2, 0.25) is 0 Å². The topological polar surface area (TPSA) is 59.1 Å². The summed E-state index contributed by atoms with van der Waals surface area (Å²) in [5, 5.41) is 0. The van der Waals surface area contributed by atoms with Gasteiger partial charge in [0.1, 0.15) is 18.0 Å². The number of carbonyl (C=O) groups excluding carboxylic acids is 2. The Bertz CT molecular complexity index is 955. The first-order valence-corrected chi connectivity index (χ1v) is 11.2. The van der Waals surface area contributed by atoms with Crippen molar-refractivity contribution in [1.82, 2.24) is 9.80 Å². The maximum absolute atomic E-state index is 12.9. The summed E-state index contributed by atoms with van der Waals surface area (Å²) in [5.74, 6) is 0.687. The minimum atomic E-state index is -0.599. The number of likely N-dealkylation sites (N-methyl/N-ethyl adjacent to an activating group) is 1. The zero-order valence-corrected chi connectivity index (χ0v) is 20.1. The van der Waals surface area contributed by atoms with E-state index in [-0.39, 0.29) is 5.91 Å². The van der Waals surface area contributed by atoms with Crippen LogP contribution in [-0.4, -0.2) is 60.7 Å². The molecule has 1 aliphatic heterocycles. The van der Waals surface area contributed by atoms with Gasteiger partial charge in [-0.15, -0.1) is 0 Å². The normalized spacial score (nSPS) is 15.6. The van der Waals surface area contributed by atoms with Crippen molar-refractivity contribution in [2.24, 2.45) is 0 Å². The van der Waals surface area contributed by atoms with Crippen LogP contribution in [0.1, 0.15) is 42.3 Å². The molecule has 1 aliphatic rings. The van der Waals surface area contributed by atoms with E-state index in [0.29, 0.717) is 38.2 Å². The number of nitrogens with zero attached hydrogens (tertiary/aromatic N) is 2. The number of fused-ring (bicyclic) bond motifs is 3. The number of hydrogen-bond acceptors (Lipinski definition) is 4. The lowest BCUT2D eigenvalue weighted by Crippen LogP contribution is -2.43. The molecule has 2 amide bonds. The largest absolute Gasteiger partial charge is 0.491 e. The molecule has 6 nitrogen and oxygen atoms in total. The van der Waals surface area contributed by atoms with Gasteiger partial charge in [-0.1, -0.05) is 28.1 Å². The lowest BCUT2D eigenvalue weighted by atomic mass is 10.0. The van der Waals surface area contributed by atoms with Crippen LogP contribution in [0, 0.1) is 0 Å². The first kappa shape index (κ1) is 23.1. The van der Waals surface area contributed by atoms with E-state index in [2.05, 4.69) is 15.9 Å². The van der Waals surface area contributed by atoms with Crippen LogP contribution in [0.25, 0.3) is 0 Å². The van der Waals surface area contributed by atoms with Gasteiger partial charge in [0.2, 0.25) is 0 Å². The highest BCUT2D eigenvalue weighted by Crippen LogP contribution is 2.26. The summed E-state index contributed by atoms with van der Waals surface area (Å²) in [6, 6.07) is 13.5. The van der Waals surface area contributed by atoms with Gasteiger partial charge in [0.25, 0.3) is 5.91 Å². The molecule has 7 heteroatoms. The Hall–Kier alpha value is -2.54. The molecule has 2 bridgehead atoms. The van der Waals surface area contributed by atoms with Crippen molar-refractivity contribution in [2.75, 3.05) is 33.3 Å². The van der Waals surface area contributed by atoms with Crippen molar-refractivity contribution in [1.29, 1.82) is 0 Å². The second-order valence-corrected chi connectivity index (χ2v) is 9.59. The average Bonchev–Trinajstić information content (AvgIpc) is 2.69. The molecule has 0 aromatic heterocycles. The third kappa shape index (κ3) is 6.47. The lowest BCUT2D eigenvalue weighted by Gasteiger charge is -2.29. The van der Waals surface area contributed by atoms with E-state index in [1.807, 2.05) is 63.2 Å². The van der Waals surface area contributed by atoms with Crippen molar-refractivity contribution in [3.63, 3.8) is 0 Å². The molecule has 0 fully saturated rings. The van der Waals surface area contributed by atoms with Crippen molar-refractivity contribution < 1.29 is 19.1 Å². The number of amides is 2. The second kappa shape index (κ2) is 9.73. The van der Waals surface area contributed by atoms with Crippen molar-refractivity contribution in [3.8, 4) is 5.75 Å². The summed E-state index contributed by atoms with van der Waals surface area (Å²) in [6.07, 6.45) is 0.220. The maximum Gasteiger partial charge on any atom is 0.410 e. The van der Waals surface area contributed by atoms with Gasteiger partial charge in [0.05, 0.1) is 6.54 Å². The van der Waals surface area contributed by atoms with Gasteiger partial charge in [-0.2, -0.15) is 0 Å². The monoisotopic (exact) mass is 488 g/mol. The van der Waals surface area contributed by atoms with E-state index in [4.69, 9.17) is 9.47 Å². The van der Waals surface area contributed by atoms with E-state index in [1.54, 1.807) is 16.8 Å². The number of halogens is 1. The second-order valence-electron chi connectivity index (χ2n) is 8.67. The number of benzene rings is 2. The van der Waals surface area contributed by atoms with E-state index >= 15 is 0 Å². The van der Waals surface area contributed by atoms with Gasteiger partial charge in [-0.05, 0) is 62.2 Å². The molecule has 0 saturated heterocycles. The Morgan fingerprint density at radius 1 is 1.10 bits per heavy atom. The molecule has 0 spiro atoms. The Balaban J connectivity index is 1.92. The van der Waals surface area contributed by atoms with Gasteiger partial charge < -0.3 is 19.3 Å². The molecule has 1 heterocycles. The van der Waals surface area contributed by atoms with Gasteiger partial charge in [0.15, 0.2) is 0 Å². The van der Waals surface area contributed by atoms with E-state index < -0.39 is 11.7 Å². The molecular formula is C24H29BrN2O4. The average molecular weight is 489 g/mol. The number of hydrogen-bond donors (Lipinski definition) is 0. The van der Waals surface area contributed by atoms with Crippen LogP contribution >= 0.6 is 15.9 Å². The fraction of sp³-hybridized carbons (Fsp3) is 0.417. The van der Waals surface area contributed by atoms with Gasteiger partial charge in [0, 0.05) is 36.6 Å². The zero-order valence-electron chi connectivity index (χ0n) is 18.5. The van der Waals surface area contributed by atoms with Crippen LogP contribution < -0.4 is 4.74 Å². The van der Waals surface area contributed by atoms with Gasteiger partial charge >= 0.3 is 6.09 Å². The maximum atomic E-state index is 12.9. The summed E-state index contributed by atoms with van der Waals surface area (Å²) in [7, 11) is 1.75. The molecule has 0 aliphatic carbocycles. The number of carbonyl (C=O) groups is 2. The van der Waals surface area contributed by atoms with Crippen LogP contribution in [0.4, 0.5) is 4.79 Å². The van der Waals surface area contributed by atoms with Crippen molar-refractivity contribution in [2.45, 2.75) is 32.8 Å². The van der Waals surface area contributed by atoms with Crippen LogP contribution in [0.3, 0.4) is 0 Å². The Kier molecular flexibility index (Phi) is 7.26. The first-order chi connectivity index (χ1) is 14.6. The van der Waals surface area contributed by atoms with E-state index in [9.17, 15) is 9.59 Å². The third-order valence-corrected chi connectivity index (χ3v) is 5.41. The Labute approximate surface area is 192 Å². The fourth-order valence-corrected chi connectivity index (χ4v) is 3.75. The van der Waals surface area contributed by atoms with Gasteiger partial charge in [-0.3, -0.25) is 4.79 Å². The summed E-state index contributed by atoms with van der Waals surface area (Å²) in [6.45, 7) is 6.94. The SMILES string of the molecule is CN1CCN(C(=O)OC(C)(C)C)CCOc2ccc(Br)cc2Cc2cccc(c2)C1=O. The summed E-state index contributed by atoms with van der Waals surface area (Å²) in [4.78, 5) is 28.9. The van der Waals surface area contributed by atoms with Crippen molar-refractivity contribution in [3.05, 3.63) is 63.6 Å². The number of rotatable bonds is 0. The van der Waals surface area contributed by atoms with Crippen LogP contribution in [0.5, 0.6) is 5.75 Å². The molecule has 0 N–H and O–H groups in total. The lowest BCUT2D eigenvalue weighted by molar-refractivity contribution is 0.0209. The minimum absolute atomic E-state index is 0.0752. The predicted octanol–water partition coefficient (Wildman–Crippen LogP) is 4.74. The Morgan fingerprint density at radius 3 is 2.61 bits per heavy atom.